The van der Waals surface area contributed by atoms with Gasteiger partial charge >= 0.3 is 11.8 Å². The number of para-hydroxylation sites is 1. The molecule has 0 saturated carbocycles. The van der Waals surface area contributed by atoms with E-state index in [1.165, 1.54) is 0 Å². The number of benzene rings is 2. The van der Waals surface area contributed by atoms with Crippen molar-refractivity contribution in [1.82, 2.24) is 15.5 Å². The van der Waals surface area contributed by atoms with Gasteiger partial charge in [-0.1, -0.05) is 41.0 Å². The summed E-state index contributed by atoms with van der Waals surface area (Å²) >= 11 is 5.82. The van der Waals surface area contributed by atoms with Crippen LogP contribution in [0.5, 0.6) is 5.75 Å². The number of hydrogen-bond donors (Lipinski definition) is 2. The predicted molar refractivity (Wildman–Crippen MR) is 96.2 cm³/mol. The molecule has 3 aromatic rings. The first-order valence-electron chi connectivity index (χ1n) is 7.90. The summed E-state index contributed by atoms with van der Waals surface area (Å²) in [6, 6.07) is 13.6. The SMILES string of the molecule is NC(=O)c1ccccc1OCc1noc(C(=O)NCc2ccc(Cl)cc2)n1. The van der Waals surface area contributed by atoms with Crippen LogP contribution in [0, 0.1) is 0 Å². The molecule has 0 aliphatic heterocycles. The van der Waals surface area contributed by atoms with Crippen molar-refractivity contribution in [1.29, 1.82) is 0 Å². The maximum atomic E-state index is 12.1. The summed E-state index contributed by atoms with van der Waals surface area (Å²) in [5.41, 5.74) is 6.40. The number of nitrogens with zero attached hydrogens (tertiary/aromatic N) is 2. The number of nitrogens with one attached hydrogen (secondary N) is 1. The van der Waals surface area contributed by atoms with E-state index in [-0.39, 0.29) is 30.4 Å². The van der Waals surface area contributed by atoms with E-state index in [4.69, 9.17) is 26.6 Å². The van der Waals surface area contributed by atoms with E-state index >= 15 is 0 Å². The molecule has 1 aromatic heterocycles. The van der Waals surface area contributed by atoms with E-state index in [0.717, 1.165) is 5.56 Å². The first kappa shape index (κ1) is 18.4. The number of carbonyl (C=O) groups is 2. The Balaban J connectivity index is 1.57. The second-order valence-corrected chi connectivity index (χ2v) is 5.91. The topological polar surface area (TPSA) is 120 Å². The van der Waals surface area contributed by atoms with Crippen LogP contribution in [0.3, 0.4) is 0 Å². The molecule has 8 nitrogen and oxygen atoms in total. The molecule has 2 aromatic carbocycles. The molecule has 0 aliphatic rings. The van der Waals surface area contributed by atoms with Gasteiger partial charge in [-0.2, -0.15) is 4.98 Å². The van der Waals surface area contributed by atoms with Gasteiger partial charge in [0.1, 0.15) is 5.75 Å². The Morgan fingerprint density at radius 2 is 1.89 bits per heavy atom. The highest BCUT2D eigenvalue weighted by Gasteiger charge is 2.16. The zero-order valence-electron chi connectivity index (χ0n) is 14.0. The largest absolute Gasteiger partial charge is 0.485 e. The number of hydrogen-bond acceptors (Lipinski definition) is 6. The minimum absolute atomic E-state index is 0.0851. The zero-order chi connectivity index (χ0) is 19.2. The third kappa shape index (κ3) is 4.83. The van der Waals surface area contributed by atoms with Crippen LogP contribution < -0.4 is 15.8 Å². The maximum absolute atomic E-state index is 12.1. The first-order chi connectivity index (χ1) is 13.0. The molecule has 3 rings (SSSR count). The molecular weight excluding hydrogens is 372 g/mol. The summed E-state index contributed by atoms with van der Waals surface area (Å²) in [5, 5.41) is 6.97. The second kappa shape index (κ2) is 8.33. The molecule has 1 heterocycles. The quantitative estimate of drug-likeness (QED) is 0.642. The van der Waals surface area contributed by atoms with Crippen LogP contribution >= 0.6 is 11.6 Å². The lowest BCUT2D eigenvalue weighted by Crippen LogP contribution is -2.23. The van der Waals surface area contributed by atoms with Crippen molar-refractivity contribution < 1.29 is 18.8 Å². The summed E-state index contributed by atoms with van der Waals surface area (Å²) < 4.78 is 10.4. The number of primary amides is 1. The highest BCUT2D eigenvalue weighted by atomic mass is 35.5. The number of halogens is 1. The van der Waals surface area contributed by atoms with Gasteiger partial charge in [-0.05, 0) is 29.8 Å². The van der Waals surface area contributed by atoms with E-state index in [1.807, 2.05) is 0 Å². The molecule has 0 atom stereocenters. The van der Waals surface area contributed by atoms with Gasteiger partial charge in [0.05, 0.1) is 5.56 Å². The molecule has 0 saturated heterocycles. The number of nitrogens with two attached hydrogens (primary N) is 1. The van der Waals surface area contributed by atoms with Gasteiger partial charge in [0, 0.05) is 11.6 Å². The van der Waals surface area contributed by atoms with Gasteiger partial charge < -0.3 is 20.3 Å². The lowest BCUT2D eigenvalue weighted by Gasteiger charge is -2.06. The van der Waals surface area contributed by atoms with Crippen molar-refractivity contribution in [3.05, 3.63) is 76.4 Å². The van der Waals surface area contributed by atoms with E-state index in [9.17, 15) is 9.59 Å². The van der Waals surface area contributed by atoms with Gasteiger partial charge in [-0.3, -0.25) is 9.59 Å². The van der Waals surface area contributed by atoms with Gasteiger partial charge in [0.2, 0.25) is 5.82 Å². The van der Waals surface area contributed by atoms with E-state index < -0.39 is 11.8 Å². The Kier molecular flexibility index (Phi) is 5.68. The van der Waals surface area contributed by atoms with Crippen LogP contribution in [0.2, 0.25) is 5.02 Å². The molecule has 0 aliphatic carbocycles. The Hall–Kier alpha value is -3.39. The minimum atomic E-state index is -0.610. The van der Waals surface area contributed by atoms with E-state index in [1.54, 1.807) is 48.5 Å². The van der Waals surface area contributed by atoms with Crippen LogP contribution in [0.15, 0.2) is 53.1 Å². The Labute approximate surface area is 159 Å². The Morgan fingerprint density at radius 1 is 1.15 bits per heavy atom. The lowest BCUT2D eigenvalue weighted by atomic mass is 10.2. The zero-order valence-corrected chi connectivity index (χ0v) is 14.8. The summed E-state index contributed by atoms with van der Waals surface area (Å²) in [7, 11) is 0. The molecule has 0 spiro atoms. The van der Waals surface area contributed by atoms with Crippen molar-refractivity contribution in [3.8, 4) is 5.75 Å². The summed E-state index contributed by atoms with van der Waals surface area (Å²) in [5.74, 6) is -0.859. The van der Waals surface area contributed by atoms with Crippen LogP contribution in [-0.4, -0.2) is 22.0 Å². The van der Waals surface area contributed by atoms with Crippen molar-refractivity contribution >= 4 is 23.4 Å². The van der Waals surface area contributed by atoms with Gasteiger partial charge in [-0.15, -0.1) is 0 Å². The average molecular weight is 387 g/mol. The molecule has 0 unspecified atom stereocenters. The predicted octanol–water partition coefficient (Wildman–Crippen LogP) is 2.33. The highest BCUT2D eigenvalue weighted by Crippen LogP contribution is 2.18. The lowest BCUT2D eigenvalue weighted by molar-refractivity contribution is 0.0906. The monoisotopic (exact) mass is 386 g/mol. The smallest absolute Gasteiger partial charge is 0.316 e. The molecule has 138 valence electrons. The van der Waals surface area contributed by atoms with Crippen LogP contribution in [-0.2, 0) is 13.2 Å². The summed E-state index contributed by atoms with van der Waals surface area (Å²) in [6.45, 7) is 0.203. The van der Waals surface area contributed by atoms with Crippen LogP contribution in [0.1, 0.15) is 32.4 Å². The fraction of sp³-hybridized carbons (Fsp3) is 0.111. The summed E-state index contributed by atoms with van der Waals surface area (Å²) in [6.07, 6.45) is 0. The van der Waals surface area contributed by atoms with Crippen molar-refractivity contribution in [3.63, 3.8) is 0 Å². The second-order valence-electron chi connectivity index (χ2n) is 5.47. The normalized spacial score (nSPS) is 10.4. The third-order valence-corrected chi connectivity index (χ3v) is 3.79. The van der Waals surface area contributed by atoms with Gasteiger partial charge in [0.15, 0.2) is 6.61 Å². The molecule has 3 N–H and O–H groups in total. The number of amides is 2. The molecule has 27 heavy (non-hydrogen) atoms. The average Bonchev–Trinajstić information content (AvgIpc) is 3.15. The van der Waals surface area contributed by atoms with Crippen molar-refractivity contribution in [2.45, 2.75) is 13.2 Å². The van der Waals surface area contributed by atoms with Crippen LogP contribution in [0.25, 0.3) is 0 Å². The number of rotatable bonds is 7. The summed E-state index contributed by atoms with van der Waals surface area (Å²) in [4.78, 5) is 27.4. The molecule has 9 heteroatoms. The molecule has 0 bridgehead atoms. The van der Waals surface area contributed by atoms with E-state index in [2.05, 4.69) is 15.5 Å². The van der Waals surface area contributed by atoms with Crippen molar-refractivity contribution in [2.24, 2.45) is 5.73 Å². The first-order valence-corrected chi connectivity index (χ1v) is 8.27. The number of ether oxygens (including phenoxy) is 1. The third-order valence-electron chi connectivity index (χ3n) is 3.54. The number of aromatic nitrogens is 2. The number of carbonyl (C=O) groups excluding carboxylic acids is 2. The molecule has 0 fully saturated rings. The fourth-order valence-corrected chi connectivity index (χ4v) is 2.33. The highest BCUT2D eigenvalue weighted by molar-refractivity contribution is 6.30. The van der Waals surface area contributed by atoms with Gasteiger partial charge in [0.25, 0.3) is 5.91 Å². The van der Waals surface area contributed by atoms with Crippen LogP contribution in [0.4, 0.5) is 0 Å². The van der Waals surface area contributed by atoms with Gasteiger partial charge in [-0.25, -0.2) is 0 Å². The standard InChI is InChI=1S/C18H15ClN4O4/c19-12-7-5-11(6-8-12)9-21-17(25)18-22-15(23-27-18)10-26-14-4-2-1-3-13(14)16(20)24/h1-8H,9-10H2,(H2,20,24)(H,21,25). The molecular formula is C18H15ClN4O4. The minimum Gasteiger partial charge on any atom is -0.485 e. The molecule has 0 radical (unpaired) electrons. The fourth-order valence-electron chi connectivity index (χ4n) is 2.20. The van der Waals surface area contributed by atoms with E-state index in [0.29, 0.717) is 10.8 Å². The Morgan fingerprint density at radius 3 is 2.63 bits per heavy atom. The maximum Gasteiger partial charge on any atom is 0.316 e. The Bertz CT molecular complexity index is 956. The molecule has 2 amide bonds. The van der Waals surface area contributed by atoms with Crippen molar-refractivity contribution in [2.75, 3.05) is 0 Å².